The van der Waals surface area contributed by atoms with Crippen LogP contribution in [0.1, 0.15) is 37.8 Å². The number of anilines is 1. The van der Waals surface area contributed by atoms with Crippen molar-refractivity contribution in [3.8, 4) is 0 Å². The van der Waals surface area contributed by atoms with E-state index in [4.69, 9.17) is 11.6 Å². The molecule has 34 heavy (non-hydrogen) atoms. The zero-order chi connectivity index (χ0) is 24.7. The number of piperidine rings is 1. The fourth-order valence-electron chi connectivity index (χ4n) is 4.49. The first kappa shape index (κ1) is 26.3. The van der Waals surface area contributed by atoms with E-state index in [0.29, 0.717) is 38.3 Å². The first-order valence-electron chi connectivity index (χ1n) is 11.8. The highest BCUT2D eigenvalue weighted by Gasteiger charge is 2.33. The van der Waals surface area contributed by atoms with Crippen molar-refractivity contribution in [2.75, 3.05) is 37.6 Å². The molecule has 186 valence electrons. The van der Waals surface area contributed by atoms with Gasteiger partial charge in [-0.05, 0) is 44.0 Å². The van der Waals surface area contributed by atoms with E-state index in [-0.39, 0.29) is 22.9 Å². The minimum Gasteiger partial charge on any atom is -0.355 e. The maximum Gasteiger partial charge on any atom is 0.417 e. The predicted molar refractivity (Wildman–Crippen MR) is 129 cm³/mol. The molecule has 0 spiro atoms. The second kappa shape index (κ2) is 11.9. The van der Waals surface area contributed by atoms with Crippen LogP contribution in [0.3, 0.4) is 0 Å². The molecule has 1 N–H and O–H groups in total. The van der Waals surface area contributed by atoms with Crippen LogP contribution in [0.25, 0.3) is 0 Å². The summed E-state index contributed by atoms with van der Waals surface area (Å²) in [5.41, 5.74) is 0.372. The number of likely N-dealkylation sites (N-methyl/N-ethyl adjacent to an activating group) is 1. The highest BCUT2D eigenvalue weighted by Crippen LogP contribution is 2.34. The maximum atomic E-state index is 12.9. The van der Waals surface area contributed by atoms with E-state index in [0.717, 1.165) is 31.8 Å². The number of pyridine rings is 1. The third-order valence-corrected chi connectivity index (χ3v) is 6.75. The van der Waals surface area contributed by atoms with E-state index >= 15 is 0 Å². The Morgan fingerprint density at radius 2 is 1.85 bits per heavy atom. The SMILES string of the molecule is CCN(CC)C(CNC(=O)C1CCN(c2ncc(C(F)(F)F)cc2Cl)CC1)Cc1ccccc1. The van der Waals surface area contributed by atoms with E-state index in [1.54, 1.807) is 0 Å². The maximum absolute atomic E-state index is 12.9. The number of aromatic nitrogens is 1. The summed E-state index contributed by atoms with van der Waals surface area (Å²) in [6, 6.07) is 11.4. The lowest BCUT2D eigenvalue weighted by atomic mass is 9.95. The number of rotatable bonds is 9. The number of carbonyl (C=O) groups excluding carboxylic acids is 1. The first-order chi connectivity index (χ1) is 16.2. The fraction of sp³-hybridized carbons (Fsp3) is 0.520. The van der Waals surface area contributed by atoms with E-state index in [1.165, 1.54) is 5.56 Å². The molecular formula is C25H32ClF3N4O. The van der Waals surface area contributed by atoms with Gasteiger partial charge in [-0.3, -0.25) is 9.69 Å². The van der Waals surface area contributed by atoms with Crippen molar-refractivity contribution in [1.82, 2.24) is 15.2 Å². The number of nitrogens with one attached hydrogen (secondary N) is 1. The first-order valence-corrected chi connectivity index (χ1v) is 12.1. The van der Waals surface area contributed by atoms with Gasteiger partial charge in [0.1, 0.15) is 5.82 Å². The van der Waals surface area contributed by atoms with Crippen LogP contribution in [-0.4, -0.2) is 54.6 Å². The molecule has 0 saturated carbocycles. The van der Waals surface area contributed by atoms with Gasteiger partial charge in [-0.2, -0.15) is 13.2 Å². The molecule has 0 bridgehead atoms. The predicted octanol–water partition coefficient (Wildman–Crippen LogP) is 5.04. The van der Waals surface area contributed by atoms with Gasteiger partial charge in [0.2, 0.25) is 5.91 Å². The summed E-state index contributed by atoms with van der Waals surface area (Å²) in [4.78, 5) is 21.1. The molecular weight excluding hydrogens is 465 g/mol. The molecule has 1 atom stereocenters. The topological polar surface area (TPSA) is 48.5 Å². The molecule has 9 heteroatoms. The summed E-state index contributed by atoms with van der Waals surface area (Å²) in [7, 11) is 0. The summed E-state index contributed by atoms with van der Waals surface area (Å²) in [5, 5.41) is 3.12. The quantitative estimate of drug-likeness (QED) is 0.528. The summed E-state index contributed by atoms with van der Waals surface area (Å²) < 4.78 is 38.6. The molecule has 5 nitrogen and oxygen atoms in total. The monoisotopic (exact) mass is 496 g/mol. The summed E-state index contributed by atoms with van der Waals surface area (Å²) in [6.45, 7) is 7.66. The van der Waals surface area contributed by atoms with E-state index in [1.807, 2.05) is 23.1 Å². The van der Waals surface area contributed by atoms with Gasteiger partial charge in [0.15, 0.2) is 0 Å². The minimum atomic E-state index is -4.48. The van der Waals surface area contributed by atoms with Crippen LogP contribution in [0, 0.1) is 5.92 Å². The normalized spacial score (nSPS) is 16.0. The smallest absolute Gasteiger partial charge is 0.355 e. The van der Waals surface area contributed by atoms with E-state index < -0.39 is 11.7 Å². The third kappa shape index (κ3) is 6.85. The molecule has 1 fully saturated rings. The molecule has 0 aliphatic carbocycles. The molecule has 1 aliphatic rings. The van der Waals surface area contributed by atoms with Crippen molar-refractivity contribution in [3.05, 3.63) is 58.7 Å². The Hall–Kier alpha value is -2.32. The van der Waals surface area contributed by atoms with Crippen molar-refractivity contribution >= 4 is 23.3 Å². The number of amides is 1. The van der Waals surface area contributed by atoms with Gasteiger partial charge in [-0.1, -0.05) is 55.8 Å². The highest BCUT2D eigenvalue weighted by atomic mass is 35.5. The Labute approximate surface area is 204 Å². The summed E-state index contributed by atoms with van der Waals surface area (Å²) in [5.74, 6) is 0.216. The highest BCUT2D eigenvalue weighted by molar-refractivity contribution is 6.33. The van der Waals surface area contributed by atoms with Gasteiger partial charge in [-0.15, -0.1) is 0 Å². The third-order valence-electron chi connectivity index (χ3n) is 6.47. The Morgan fingerprint density at radius 1 is 1.21 bits per heavy atom. The molecule has 0 radical (unpaired) electrons. The van der Waals surface area contributed by atoms with Crippen molar-refractivity contribution in [2.45, 2.75) is 45.3 Å². The molecule has 1 saturated heterocycles. The second-order valence-corrected chi connectivity index (χ2v) is 9.01. The van der Waals surface area contributed by atoms with Crippen LogP contribution in [0.5, 0.6) is 0 Å². The molecule has 1 aromatic heterocycles. The van der Waals surface area contributed by atoms with Gasteiger partial charge in [0.25, 0.3) is 0 Å². The Kier molecular flexibility index (Phi) is 9.19. The largest absolute Gasteiger partial charge is 0.417 e. The van der Waals surface area contributed by atoms with Crippen molar-refractivity contribution < 1.29 is 18.0 Å². The zero-order valence-corrected chi connectivity index (χ0v) is 20.4. The number of alkyl halides is 3. The number of hydrogen-bond acceptors (Lipinski definition) is 4. The average Bonchev–Trinajstić information content (AvgIpc) is 2.83. The van der Waals surface area contributed by atoms with Gasteiger partial charge in [-0.25, -0.2) is 4.98 Å². The van der Waals surface area contributed by atoms with Crippen LogP contribution < -0.4 is 10.2 Å². The van der Waals surface area contributed by atoms with Crippen LogP contribution in [0.4, 0.5) is 19.0 Å². The Balaban J connectivity index is 1.55. The summed E-state index contributed by atoms with van der Waals surface area (Å²) >= 11 is 6.09. The molecule has 2 heterocycles. The average molecular weight is 497 g/mol. The van der Waals surface area contributed by atoms with Gasteiger partial charge in [0, 0.05) is 37.8 Å². The standard InChI is InChI=1S/C25H32ClF3N4O/c1-3-32(4-2)21(14-18-8-6-5-7-9-18)17-31-24(34)19-10-12-33(13-11-19)23-22(26)15-20(16-30-23)25(27,28)29/h5-9,15-16,19,21H,3-4,10-14,17H2,1-2H3,(H,31,34). The zero-order valence-electron chi connectivity index (χ0n) is 19.6. The van der Waals surface area contributed by atoms with Crippen LogP contribution >= 0.6 is 11.6 Å². The van der Waals surface area contributed by atoms with Gasteiger partial charge >= 0.3 is 6.18 Å². The second-order valence-electron chi connectivity index (χ2n) is 8.60. The molecule has 1 aliphatic heterocycles. The number of nitrogens with zero attached hydrogens (tertiary/aromatic N) is 3. The summed E-state index contributed by atoms with van der Waals surface area (Å²) in [6.07, 6.45) is -1.62. The van der Waals surface area contributed by atoms with Crippen molar-refractivity contribution in [2.24, 2.45) is 5.92 Å². The molecule has 1 aromatic carbocycles. The van der Waals surface area contributed by atoms with E-state index in [9.17, 15) is 18.0 Å². The van der Waals surface area contributed by atoms with Crippen LogP contribution in [0.15, 0.2) is 42.6 Å². The minimum absolute atomic E-state index is 0.0244. The fourth-order valence-corrected chi connectivity index (χ4v) is 4.78. The molecule has 1 amide bonds. The number of halogens is 4. The Bertz CT molecular complexity index is 930. The lowest BCUT2D eigenvalue weighted by Crippen LogP contribution is -2.47. The van der Waals surface area contributed by atoms with E-state index in [2.05, 4.69) is 41.2 Å². The van der Waals surface area contributed by atoms with Crippen molar-refractivity contribution in [1.29, 1.82) is 0 Å². The van der Waals surface area contributed by atoms with Gasteiger partial charge < -0.3 is 10.2 Å². The Morgan fingerprint density at radius 3 is 2.41 bits per heavy atom. The molecule has 2 aromatic rings. The number of carbonyl (C=O) groups is 1. The molecule has 1 unspecified atom stereocenters. The van der Waals surface area contributed by atoms with Crippen LogP contribution in [0.2, 0.25) is 5.02 Å². The number of hydrogen-bond donors (Lipinski definition) is 1. The van der Waals surface area contributed by atoms with Crippen molar-refractivity contribution in [3.63, 3.8) is 0 Å². The lowest BCUT2D eigenvalue weighted by Gasteiger charge is -2.34. The lowest BCUT2D eigenvalue weighted by molar-refractivity contribution is -0.137. The number of benzene rings is 1. The van der Waals surface area contributed by atoms with Gasteiger partial charge in [0.05, 0.1) is 10.6 Å². The van der Waals surface area contributed by atoms with Crippen LogP contribution in [-0.2, 0) is 17.4 Å². The molecule has 3 rings (SSSR count).